The molecule has 29 heavy (non-hydrogen) atoms. The molecule has 0 bridgehead atoms. The number of rotatable bonds is 3. The van der Waals surface area contributed by atoms with E-state index in [9.17, 15) is 14.4 Å². The van der Waals surface area contributed by atoms with Gasteiger partial charge < -0.3 is 4.90 Å². The minimum atomic E-state index is -1.21. The maximum Gasteiger partial charge on any atom is 0.252 e. The Labute approximate surface area is 177 Å². The molecular formula is C22H20BrN3O3. The molecule has 5 rings (SSSR count). The van der Waals surface area contributed by atoms with Crippen molar-refractivity contribution in [3.63, 3.8) is 0 Å². The fraction of sp³-hybridized carbons (Fsp3) is 0.318. The molecule has 1 spiro atoms. The first-order valence-corrected chi connectivity index (χ1v) is 10.8. The molecule has 0 aliphatic carbocycles. The zero-order valence-corrected chi connectivity index (χ0v) is 17.4. The van der Waals surface area contributed by atoms with E-state index < -0.39 is 17.4 Å². The molecule has 3 heterocycles. The number of benzene rings is 2. The van der Waals surface area contributed by atoms with Crippen molar-refractivity contribution in [2.24, 2.45) is 11.8 Å². The lowest BCUT2D eigenvalue weighted by Gasteiger charge is -2.30. The Morgan fingerprint density at radius 2 is 1.69 bits per heavy atom. The molecule has 2 aromatic carbocycles. The average molecular weight is 454 g/mol. The second-order valence-corrected chi connectivity index (χ2v) is 8.55. The molecule has 0 unspecified atom stereocenters. The minimum absolute atomic E-state index is 0.159. The third-order valence-electron chi connectivity index (χ3n) is 6.34. The number of alkyl halides is 1. The Kier molecular flexibility index (Phi) is 4.15. The van der Waals surface area contributed by atoms with Crippen molar-refractivity contribution in [3.05, 3.63) is 60.2 Å². The van der Waals surface area contributed by atoms with Crippen LogP contribution < -0.4 is 15.1 Å². The summed E-state index contributed by atoms with van der Waals surface area (Å²) < 4.78 is 0. The van der Waals surface area contributed by atoms with Crippen molar-refractivity contribution in [1.29, 1.82) is 0 Å². The number of carbonyl (C=O) groups is 3. The van der Waals surface area contributed by atoms with Crippen LogP contribution in [0.3, 0.4) is 0 Å². The number of halogens is 1. The smallest absolute Gasteiger partial charge is 0.252 e. The lowest BCUT2D eigenvalue weighted by atomic mass is 9.76. The molecule has 1 N–H and O–H groups in total. The van der Waals surface area contributed by atoms with Crippen LogP contribution in [0.25, 0.3) is 0 Å². The molecule has 4 atom stereocenters. The van der Waals surface area contributed by atoms with Crippen LogP contribution in [0.15, 0.2) is 54.6 Å². The van der Waals surface area contributed by atoms with Crippen LogP contribution in [0.2, 0.25) is 0 Å². The van der Waals surface area contributed by atoms with Gasteiger partial charge in [-0.05, 0) is 25.1 Å². The zero-order valence-electron chi connectivity index (χ0n) is 15.8. The second-order valence-electron chi connectivity index (χ2n) is 7.75. The van der Waals surface area contributed by atoms with Crippen LogP contribution in [0, 0.1) is 11.8 Å². The monoisotopic (exact) mass is 453 g/mol. The number of hydrogen-bond donors (Lipinski definition) is 1. The van der Waals surface area contributed by atoms with E-state index in [0.717, 1.165) is 11.3 Å². The summed E-state index contributed by atoms with van der Waals surface area (Å²) in [5.41, 5.74) is 0.923. The summed E-state index contributed by atoms with van der Waals surface area (Å²) in [6.07, 6.45) is 0. The third-order valence-corrected chi connectivity index (χ3v) is 6.69. The Morgan fingerprint density at radius 1 is 1.00 bits per heavy atom. The van der Waals surface area contributed by atoms with Gasteiger partial charge in [-0.15, -0.1) is 0 Å². The Balaban J connectivity index is 1.67. The Bertz CT molecular complexity index is 1030. The third kappa shape index (κ3) is 2.28. The summed E-state index contributed by atoms with van der Waals surface area (Å²) in [7, 11) is 0. The summed E-state index contributed by atoms with van der Waals surface area (Å²) in [6.45, 7) is 2.38. The van der Waals surface area contributed by atoms with Gasteiger partial charge >= 0.3 is 0 Å². The van der Waals surface area contributed by atoms with Gasteiger partial charge in [0.15, 0.2) is 0 Å². The predicted octanol–water partition coefficient (Wildman–Crippen LogP) is 2.42. The van der Waals surface area contributed by atoms with Crippen LogP contribution in [0.5, 0.6) is 0 Å². The number of imide groups is 1. The van der Waals surface area contributed by atoms with E-state index in [-0.39, 0.29) is 23.8 Å². The average Bonchev–Trinajstić information content (AvgIpc) is 3.27. The van der Waals surface area contributed by atoms with Gasteiger partial charge in [0.2, 0.25) is 11.8 Å². The SMILES string of the molecule is C[C@@H]1N[C@]2(C(=O)N(CCBr)c3ccccc32)[C@@H]2C(=O)N(c3ccccc3)C(=O)[C@H]12. The molecular weight excluding hydrogens is 434 g/mol. The quantitative estimate of drug-likeness (QED) is 0.572. The Hall–Kier alpha value is -2.51. The van der Waals surface area contributed by atoms with E-state index >= 15 is 0 Å². The van der Waals surface area contributed by atoms with Crippen molar-refractivity contribution in [3.8, 4) is 0 Å². The van der Waals surface area contributed by atoms with Crippen molar-refractivity contribution >= 4 is 45.0 Å². The van der Waals surface area contributed by atoms with Gasteiger partial charge in [0.25, 0.3) is 5.91 Å². The van der Waals surface area contributed by atoms with E-state index in [4.69, 9.17) is 0 Å². The van der Waals surface area contributed by atoms with Crippen LogP contribution in [-0.2, 0) is 19.9 Å². The molecule has 3 aliphatic heterocycles. The normalized spacial score (nSPS) is 30.4. The number of fused-ring (bicyclic) bond motifs is 4. The van der Waals surface area contributed by atoms with Gasteiger partial charge in [-0.3, -0.25) is 19.7 Å². The number of nitrogens with one attached hydrogen (secondary N) is 1. The highest BCUT2D eigenvalue weighted by molar-refractivity contribution is 9.09. The summed E-state index contributed by atoms with van der Waals surface area (Å²) in [6, 6.07) is 16.2. The van der Waals surface area contributed by atoms with E-state index in [0.29, 0.717) is 17.6 Å². The number of para-hydroxylation sites is 2. The van der Waals surface area contributed by atoms with Crippen molar-refractivity contribution in [1.82, 2.24) is 5.32 Å². The van der Waals surface area contributed by atoms with Gasteiger partial charge in [0.05, 0.1) is 17.5 Å². The lowest BCUT2D eigenvalue weighted by Crippen LogP contribution is -2.55. The van der Waals surface area contributed by atoms with Crippen molar-refractivity contribution in [2.45, 2.75) is 18.5 Å². The second kappa shape index (κ2) is 6.50. The van der Waals surface area contributed by atoms with Crippen molar-refractivity contribution in [2.75, 3.05) is 21.7 Å². The molecule has 7 heteroatoms. The molecule has 0 radical (unpaired) electrons. The molecule has 6 nitrogen and oxygen atoms in total. The van der Waals surface area contributed by atoms with Crippen LogP contribution >= 0.6 is 15.9 Å². The predicted molar refractivity (Wildman–Crippen MR) is 113 cm³/mol. The van der Waals surface area contributed by atoms with Crippen LogP contribution in [0.1, 0.15) is 12.5 Å². The number of hydrogen-bond acceptors (Lipinski definition) is 4. The van der Waals surface area contributed by atoms with E-state index in [2.05, 4.69) is 21.2 Å². The molecule has 3 amide bonds. The molecule has 2 fully saturated rings. The first kappa shape index (κ1) is 18.5. The van der Waals surface area contributed by atoms with Gasteiger partial charge in [0.1, 0.15) is 5.54 Å². The summed E-state index contributed by atoms with van der Waals surface area (Å²) in [4.78, 5) is 43.6. The summed E-state index contributed by atoms with van der Waals surface area (Å²) in [5.74, 6) is -2.06. The first-order chi connectivity index (χ1) is 14.0. The van der Waals surface area contributed by atoms with Gasteiger partial charge in [-0.2, -0.15) is 0 Å². The zero-order chi connectivity index (χ0) is 20.3. The number of amides is 3. The topological polar surface area (TPSA) is 69.7 Å². The van der Waals surface area contributed by atoms with Crippen LogP contribution in [-0.4, -0.2) is 35.6 Å². The highest BCUT2D eigenvalue weighted by Gasteiger charge is 2.70. The molecule has 2 aromatic rings. The number of carbonyl (C=O) groups excluding carboxylic acids is 3. The molecule has 2 saturated heterocycles. The van der Waals surface area contributed by atoms with Crippen molar-refractivity contribution < 1.29 is 14.4 Å². The minimum Gasteiger partial charge on any atom is -0.309 e. The molecule has 0 saturated carbocycles. The van der Waals surface area contributed by atoms with E-state index in [1.807, 2.05) is 37.3 Å². The largest absolute Gasteiger partial charge is 0.309 e. The number of anilines is 2. The molecule has 3 aliphatic rings. The fourth-order valence-corrected chi connectivity index (χ4v) is 5.60. The standard InChI is InChI=1S/C22H20BrN3O3/c1-13-17-18(20(28)26(19(17)27)14-7-3-2-4-8-14)22(24-13)15-9-5-6-10-16(15)25(12-11-23)21(22)29/h2-10,13,17-18,24H,11-12H2,1H3/t13-,17+,18-,22-/m0/s1. The highest BCUT2D eigenvalue weighted by atomic mass is 79.9. The van der Waals surface area contributed by atoms with Gasteiger partial charge in [-0.25, -0.2) is 4.90 Å². The summed E-state index contributed by atoms with van der Waals surface area (Å²) >= 11 is 3.42. The van der Waals surface area contributed by atoms with Crippen LogP contribution in [0.4, 0.5) is 11.4 Å². The van der Waals surface area contributed by atoms with E-state index in [1.165, 1.54) is 4.90 Å². The van der Waals surface area contributed by atoms with Gasteiger partial charge in [-0.1, -0.05) is 52.3 Å². The highest BCUT2D eigenvalue weighted by Crippen LogP contribution is 2.54. The fourth-order valence-electron chi connectivity index (χ4n) is 5.25. The maximum atomic E-state index is 13.7. The molecule has 0 aromatic heterocycles. The van der Waals surface area contributed by atoms with E-state index in [1.54, 1.807) is 29.2 Å². The van der Waals surface area contributed by atoms with Gasteiger partial charge in [0, 0.05) is 29.2 Å². The summed E-state index contributed by atoms with van der Waals surface area (Å²) in [5, 5.41) is 4.00. The number of nitrogens with zero attached hydrogens (tertiary/aromatic N) is 2. The first-order valence-electron chi connectivity index (χ1n) is 9.70. The lowest BCUT2D eigenvalue weighted by molar-refractivity contribution is -0.132. The Morgan fingerprint density at radius 3 is 2.41 bits per heavy atom. The molecule has 148 valence electrons. The maximum absolute atomic E-state index is 13.7.